The standard InChI is InChI=1S/C38H35NOS/c1-6-38(5,23-40)36-20-19-35(41-36)24(2)25-15-18-34-30(21-25)29-12-8-10-14-33(29)39(34)26-16-17-28-27-11-7-9-13-31(27)37(3,4)32(28)22-26/h7-24H,6H2,1-5H3. The van der Waals surface area contributed by atoms with Gasteiger partial charge >= 0.3 is 0 Å². The second-order valence-corrected chi connectivity index (χ2v) is 13.5. The highest BCUT2D eigenvalue weighted by atomic mass is 32.1. The smallest absolute Gasteiger partial charge is 0.131 e. The fraction of sp³-hybridized carbons (Fsp3) is 0.237. The van der Waals surface area contributed by atoms with Gasteiger partial charge in [0.15, 0.2) is 0 Å². The molecule has 0 aliphatic heterocycles. The molecule has 0 saturated carbocycles. The summed E-state index contributed by atoms with van der Waals surface area (Å²) in [6.07, 6.45) is 1.91. The number of benzene rings is 4. The highest BCUT2D eigenvalue weighted by molar-refractivity contribution is 7.12. The molecule has 7 rings (SSSR count). The van der Waals surface area contributed by atoms with Gasteiger partial charge in [-0.05, 0) is 83.6 Å². The molecule has 2 aromatic heterocycles. The van der Waals surface area contributed by atoms with Crippen molar-refractivity contribution in [2.45, 2.75) is 57.8 Å². The van der Waals surface area contributed by atoms with E-state index in [1.807, 2.05) is 6.92 Å². The first kappa shape index (κ1) is 26.0. The number of carbonyl (C=O) groups is 1. The Morgan fingerprint density at radius 1 is 0.829 bits per heavy atom. The van der Waals surface area contributed by atoms with Gasteiger partial charge in [0.2, 0.25) is 0 Å². The Bertz CT molecular complexity index is 1970. The van der Waals surface area contributed by atoms with Crippen LogP contribution < -0.4 is 0 Å². The second kappa shape index (κ2) is 9.29. The van der Waals surface area contributed by atoms with E-state index >= 15 is 0 Å². The summed E-state index contributed by atoms with van der Waals surface area (Å²) < 4.78 is 2.43. The maximum Gasteiger partial charge on any atom is 0.131 e. The van der Waals surface area contributed by atoms with Gasteiger partial charge in [-0.15, -0.1) is 11.3 Å². The Morgan fingerprint density at radius 2 is 1.56 bits per heavy atom. The summed E-state index contributed by atoms with van der Waals surface area (Å²) in [5.74, 6) is 0.243. The van der Waals surface area contributed by atoms with Gasteiger partial charge in [0.05, 0.1) is 16.4 Å². The zero-order valence-corrected chi connectivity index (χ0v) is 25.2. The van der Waals surface area contributed by atoms with Gasteiger partial charge < -0.3 is 9.36 Å². The highest BCUT2D eigenvalue weighted by Gasteiger charge is 2.35. The number of nitrogens with zero attached hydrogens (tertiary/aromatic N) is 1. The van der Waals surface area contributed by atoms with Gasteiger partial charge in [-0.1, -0.05) is 82.3 Å². The van der Waals surface area contributed by atoms with E-state index in [4.69, 9.17) is 0 Å². The normalized spacial score (nSPS) is 15.9. The van der Waals surface area contributed by atoms with Gasteiger partial charge in [0.1, 0.15) is 6.29 Å². The third-order valence-electron chi connectivity index (χ3n) is 9.63. The van der Waals surface area contributed by atoms with E-state index in [-0.39, 0.29) is 11.3 Å². The predicted octanol–water partition coefficient (Wildman–Crippen LogP) is 10.2. The van der Waals surface area contributed by atoms with Gasteiger partial charge in [-0.2, -0.15) is 0 Å². The molecule has 1 aliphatic rings. The average Bonchev–Trinajstić information content (AvgIpc) is 3.69. The van der Waals surface area contributed by atoms with Crippen LogP contribution in [0.2, 0.25) is 0 Å². The highest BCUT2D eigenvalue weighted by Crippen LogP contribution is 2.49. The lowest BCUT2D eigenvalue weighted by atomic mass is 9.82. The first-order valence-corrected chi connectivity index (χ1v) is 15.4. The third kappa shape index (κ3) is 3.79. The van der Waals surface area contributed by atoms with Crippen LogP contribution in [-0.4, -0.2) is 10.9 Å². The summed E-state index contributed by atoms with van der Waals surface area (Å²) in [6, 6.07) is 35.9. The molecule has 6 aromatic rings. The van der Waals surface area contributed by atoms with Crippen molar-refractivity contribution in [2.75, 3.05) is 0 Å². The van der Waals surface area contributed by atoms with Crippen LogP contribution in [0.3, 0.4) is 0 Å². The van der Waals surface area contributed by atoms with Crippen molar-refractivity contribution < 1.29 is 4.79 Å². The number of para-hydroxylation sites is 1. The fourth-order valence-corrected chi connectivity index (χ4v) is 8.01. The minimum atomic E-state index is -0.411. The van der Waals surface area contributed by atoms with Crippen LogP contribution in [-0.2, 0) is 15.6 Å². The molecule has 4 aromatic carbocycles. The molecule has 0 spiro atoms. The number of aldehydes is 1. The van der Waals surface area contributed by atoms with E-state index in [1.165, 1.54) is 60.2 Å². The van der Waals surface area contributed by atoms with Gasteiger partial charge in [-0.3, -0.25) is 0 Å². The molecule has 0 bridgehead atoms. The van der Waals surface area contributed by atoms with Gasteiger partial charge in [0.25, 0.3) is 0 Å². The van der Waals surface area contributed by atoms with E-state index in [1.54, 1.807) is 11.3 Å². The number of hydrogen-bond donors (Lipinski definition) is 0. The Morgan fingerprint density at radius 3 is 2.37 bits per heavy atom. The number of thiophene rings is 1. The summed E-state index contributed by atoms with van der Waals surface area (Å²) >= 11 is 1.77. The molecule has 2 unspecified atom stereocenters. The monoisotopic (exact) mass is 553 g/mol. The average molecular weight is 554 g/mol. The van der Waals surface area contributed by atoms with Crippen molar-refractivity contribution in [2.24, 2.45) is 0 Å². The molecule has 204 valence electrons. The Hall–Kier alpha value is -3.95. The lowest BCUT2D eigenvalue weighted by molar-refractivity contribution is -0.112. The topological polar surface area (TPSA) is 22.0 Å². The number of rotatable bonds is 6. The number of fused-ring (bicyclic) bond motifs is 6. The Labute approximate surface area is 246 Å². The minimum Gasteiger partial charge on any atom is -0.309 e. The second-order valence-electron chi connectivity index (χ2n) is 12.3. The van der Waals surface area contributed by atoms with E-state index < -0.39 is 5.41 Å². The summed E-state index contributed by atoms with van der Waals surface area (Å²) in [4.78, 5) is 14.3. The van der Waals surface area contributed by atoms with Crippen molar-refractivity contribution in [3.8, 4) is 16.8 Å². The SMILES string of the molecule is CCC(C)(C=O)c1ccc(C(C)c2ccc3c(c2)c2ccccc2n3-c2ccc3c(c2)C(C)(C)c2ccccc2-3)s1. The molecule has 0 saturated heterocycles. The van der Waals surface area contributed by atoms with Crippen LogP contribution >= 0.6 is 11.3 Å². The lowest BCUT2D eigenvalue weighted by Gasteiger charge is -2.22. The van der Waals surface area contributed by atoms with Crippen molar-refractivity contribution in [3.05, 3.63) is 124 Å². The Kier molecular flexibility index (Phi) is 5.89. The Balaban J connectivity index is 1.35. The molecule has 0 radical (unpaired) electrons. The van der Waals surface area contributed by atoms with E-state index in [0.717, 1.165) is 17.6 Å². The van der Waals surface area contributed by atoms with E-state index in [2.05, 4.69) is 129 Å². The van der Waals surface area contributed by atoms with Crippen molar-refractivity contribution in [3.63, 3.8) is 0 Å². The van der Waals surface area contributed by atoms with Crippen LogP contribution in [0.15, 0.2) is 97.1 Å². The molecule has 2 nitrogen and oxygen atoms in total. The van der Waals surface area contributed by atoms with Crippen molar-refractivity contribution in [1.82, 2.24) is 4.57 Å². The number of carbonyl (C=O) groups excluding carboxylic acids is 1. The third-order valence-corrected chi connectivity index (χ3v) is 11.2. The summed E-state index contributed by atoms with van der Waals surface area (Å²) in [6.45, 7) is 11.1. The maximum atomic E-state index is 11.9. The predicted molar refractivity (Wildman–Crippen MR) is 174 cm³/mol. The molecule has 2 atom stereocenters. The maximum absolute atomic E-state index is 11.9. The largest absolute Gasteiger partial charge is 0.309 e. The fourth-order valence-electron chi connectivity index (χ4n) is 6.74. The molecule has 0 N–H and O–H groups in total. The van der Waals surface area contributed by atoms with Crippen LogP contribution in [0.25, 0.3) is 38.6 Å². The number of hydrogen-bond acceptors (Lipinski definition) is 2. The van der Waals surface area contributed by atoms with E-state index in [0.29, 0.717) is 0 Å². The zero-order valence-electron chi connectivity index (χ0n) is 24.4. The quantitative estimate of drug-likeness (QED) is 0.188. The van der Waals surface area contributed by atoms with Crippen LogP contribution in [0.4, 0.5) is 0 Å². The van der Waals surface area contributed by atoms with E-state index in [9.17, 15) is 4.79 Å². The zero-order chi connectivity index (χ0) is 28.5. The van der Waals surface area contributed by atoms with Crippen molar-refractivity contribution in [1.29, 1.82) is 0 Å². The molecule has 2 heterocycles. The molecule has 0 fully saturated rings. The van der Waals surface area contributed by atoms with Crippen LogP contribution in [0.5, 0.6) is 0 Å². The van der Waals surface area contributed by atoms with Crippen LogP contribution in [0.1, 0.15) is 73.4 Å². The first-order valence-electron chi connectivity index (χ1n) is 14.6. The van der Waals surface area contributed by atoms with Crippen molar-refractivity contribution >= 4 is 39.4 Å². The molecular formula is C38H35NOS. The van der Waals surface area contributed by atoms with Gasteiger partial charge in [-0.25, -0.2) is 0 Å². The minimum absolute atomic E-state index is 0.0411. The molecule has 3 heteroatoms. The molecular weight excluding hydrogens is 518 g/mol. The molecule has 1 aliphatic carbocycles. The summed E-state index contributed by atoms with van der Waals surface area (Å²) in [7, 11) is 0. The van der Waals surface area contributed by atoms with Crippen LogP contribution in [0, 0.1) is 0 Å². The molecule has 0 amide bonds. The summed E-state index contributed by atoms with van der Waals surface area (Å²) in [5.41, 5.74) is 9.97. The first-order chi connectivity index (χ1) is 19.8. The lowest BCUT2D eigenvalue weighted by Crippen LogP contribution is -2.20. The van der Waals surface area contributed by atoms with Gasteiger partial charge in [0, 0.05) is 37.5 Å². The summed E-state index contributed by atoms with van der Waals surface area (Å²) in [5, 5.41) is 2.54. The molecule has 41 heavy (non-hydrogen) atoms. The number of aromatic nitrogens is 1.